The number of aromatic nitrogens is 3. The highest BCUT2D eigenvalue weighted by Gasteiger charge is 2.42. The quantitative estimate of drug-likeness (QED) is 0.480. The maximum Gasteiger partial charge on any atom is 0.433 e. The Hall–Kier alpha value is -1.94. The van der Waals surface area contributed by atoms with E-state index in [0.29, 0.717) is 21.2 Å². The summed E-state index contributed by atoms with van der Waals surface area (Å²) in [4.78, 5) is 17.9. The highest BCUT2D eigenvalue weighted by molar-refractivity contribution is 9.10. The van der Waals surface area contributed by atoms with Crippen LogP contribution in [0.2, 0.25) is 0 Å². The van der Waals surface area contributed by atoms with Crippen LogP contribution in [0.5, 0.6) is 0 Å². The predicted molar refractivity (Wildman–Crippen MR) is 115 cm³/mol. The predicted octanol–water partition coefficient (Wildman–Crippen LogP) is 5.79. The molecule has 10 heteroatoms. The Balaban J connectivity index is 1.50. The summed E-state index contributed by atoms with van der Waals surface area (Å²) in [6, 6.07) is 4.37. The van der Waals surface area contributed by atoms with Gasteiger partial charge in [0.25, 0.3) is 5.91 Å². The van der Waals surface area contributed by atoms with E-state index in [9.17, 15) is 18.0 Å². The van der Waals surface area contributed by atoms with Crippen molar-refractivity contribution >= 4 is 38.8 Å². The van der Waals surface area contributed by atoms with Crippen LogP contribution in [-0.2, 0) is 6.18 Å². The first-order chi connectivity index (χ1) is 14.7. The van der Waals surface area contributed by atoms with Crippen molar-refractivity contribution in [2.75, 3.05) is 0 Å². The van der Waals surface area contributed by atoms with Gasteiger partial charge in [0.05, 0.1) is 15.0 Å². The lowest BCUT2D eigenvalue weighted by molar-refractivity contribution is -0.142. The van der Waals surface area contributed by atoms with Gasteiger partial charge in [-0.15, -0.1) is 11.3 Å². The number of carbonyl (C=O) groups is 1. The van der Waals surface area contributed by atoms with Crippen LogP contribution in [0, 0.1) is 17.8 Å². The van der Waals surface area contributed by atoms with Crippen LogP contribution >= 0.6 is 27.3 Å². The molecule has 0 saturated heterocycles. The molecule has 4 atom stereocenters. The third-order valence-corrected chi connectivity index (χ3v) is 8.23. The van der Waals surface area contributed by atoms with Crippen molar-refractivity contribution in [1.82, 2.24) is 19.9 Å². The van der Waals surface area contributed by atoms with Crippen LogP contribution in [0.3, 0.4) is 0 Å². The van der Waals surface area contributed by atoms with E-state index in [0.717, 1.165) is 18.4 Å². The first-order valence-electron chi connectivity index (χ1n) is 10.2. The number of carbonyl (C=O) groups excluding carboxylic acids is 1. The lowest BCUT2D eigenvalue weighted by atomic mass is 9.84. The van der Waals surface area contributed by atoms with E-state index in [1.165, 1.54) is 30.6 Å². The van der Waals surface area contributed by atoms with Crippen LogP contribution in [0.4, 0.5) is 13.2 Å². The van der Waals surface area contributed by atoms with Crippen LogP contribution in [0.15, 0.2) is 28.1 Å². The van der Waals surface area contributed by atoms with E-state index >= 15 is 0 Å². The summed E-state index contributed by atoms with van der Waals surface area (Å²) in [5.41, 5.74) is -0.896. The van der Waals surface area contributed by atoms with Gasteiger partial charge in [-0.2, -0.15) is 18.3 Å². The maximum absolute atomic E-state index is 13.8. The van der Waals surface area contributed by atoms with E-state index in [4.69, 9.17) is 0 Å². The second-order valence-corrected chi connectivity index (χ2v) is 10.2. The van der Waals surface area contributed by atoms with Crippen LogP contribution in [0.25, 0.3) is 16.2 Å². The number of alkyl halides is 3. The average molecular weight is 513 g/mol. The zero-order valence-electron chi connectivity index (χ0n) is 16.6. The monoisotopic (exact) mass is 512 g/mol. The fraction of sp³-hybridized carbons (Fsp3) is 0.476. The van der Waals surface area contributed by atoms with E-state index in [2.05, 4.69) is 31.3 Å². The summed E-state index contributed by atoms with van der Waals surface area (Å²) in [5, 5.41) is 8.75. The van der Waals surface area contributed by atoms with E-state index in [-0.39, 0.29) is 27.5 Å². The number of rotatable bonds is 4. The van der Waals surface area contributed by atoms with Crippen molar-refractivity contribution in [2.45, 2.75) is 44.8 Å². The van der Waals surface area contributed by atoms with Crippen molar-refractivity contribution in [1.29, 1.82) is 0 Å². The molecule has 164 valence electrons. The summed E-state index contributed by atoms with van der Waals surface area (Å²) in [7, 11) is 0. The molecule has 0 unspecified atom stereocenters. The lowest BCUT2D eigenvalue weighted by Gasteiger charge is -2.28. The zero-order valence-corrected chi connectivity index (χ0v) is 19.0. The molecule has 3 heterocycles. The molecule has 2 aliphatic carbocycles. The third-order valence-electron chi connectivity index (χ3n) is 6.61. The van der Waals surface area contributed by atoms with E-state index in [1.54, 1.807) is 17.5 Å². The SMILES string of the molecule is C[C@@H](NC(=O)c1nn2c(C(F)(F)F)cc(-c3cccs3)nc2c1Br)[C@H]1C[C@@H]2CC[C@@H]1C2. The molecule has 5 rings (SSSR count). The molecule has 5 nitrogen and oxygen atoms in total. The Kier molecular flexibility index (Phi) is 5.12. The van der Waals surface area contributed by atoms with Crippen LogP contribution in [-0.4, -0.2) is 26.5 Å². The summed E-state index contributed by atoms with van der Waals surface area (Å²) >= 11 is 4.58. The molecule has 2 fully saturated rings. The van der Waals surface area contributed by atoms with Crippen LogP contribution < -0.4 is 5.32 Å². The minimum Gasteiger partial charge on any atom is -0.348 e. The number of hydrogen-bond donors (Lipinski definition) is 1. The maximum atomic E-state index is 13.8. The Morgan fingerprint density at radius 2 is 2.16 bits per heavy atom. The number of thiophene rings is 1. The Morgan fingerprint density at radius 3 is 2.77 bits per heavy atom. The van der Waals surface area contributed by atoms with Gasteiger partial charge in [0.15, 0.2) is 17.0 Å². The Bertz CT molecular complexity index is 1140. The zero-order chi connectivity index (χ0) is 21.9. The fourth-order valence-corrected chi connectivity index (χ4v) is 6.38. The van der Waals surface area contributed by atoms with Crippen molar-refractivity contribution in [3.63, 3.8) is 0 Å². The molecule has 3 aromatic heterocycles. The van der Waals surface area contributed by atoms with E-state index < -0.39 is 17.8 Å². The summed E-state index contributed by atoms with van der Waals surface area (Å²) in [6.07, 6.45) is 0.120. The summed E-state index contributed by atoms with van der Waals surface area (Å²) in [5.74, 6) is 1.29. The van der Waals surface area contributed by atoms with Crippen LogP contribution in [0.1, 0.15) is 48.8 Å². The molecule has 31 heavy (non-hydrogen) atoms. The number of fused-ring (bicyclic) bond motifs is 3. The number of halogens is 4. The van der Waals surface area contributed by atoms with Gasteiger partial charge in [-0.3, -0.25) is 4.79 Å². The van der Waals surface area contributed by atoms with Gasteiger partial charge >= 0.3 is 6.18 Å². The standard InChI is InChI=1S/C21H20BrF3N4OS/c1-10(13-8-11-4-5-12(13)7-11)26-20(30)18-17(22)19-27-14(15-3-2-6-31-15)9-16(21(23,24)25)29(19)28-18/h2-3,6,9-13H,4-5,7-8H2,1H3,(H,26,30)/t10-,11-,12-,13-/m1/s1. The molecule has 1 amide bonds. The average Bonchev–Trinajstić information content (AvgIpc) is 3.51. The Labute approximate surface area is 189 Å². The normalized spacial score (nSPS) is 24.1. The van der Waals surface area contributed by atoms with E-state index in [1.807, 2.05) is 6.92 Å². The topological polar surface area (TPSA) is 59.3 Å². The molecule has 2 saturated carbocycles. The fourth-order valence-electron chi connectivity index (χ4n) is 5.18. The third kappa shape index (κ3) is 3.67. The minimum atomic E-state index is -4.65. The smallest absolute Gasteiger partial charge is 0.348 e. The van der Waals surface area contributed by atoms with Crippen molar-refractivity contribution in [2.24, 2.45) is 17.8 Å². The van der Waals surface area contributed by atoms with Gasteiger partial charge in [-0.05, 0) is 77.4 Å². The molecule has 2 aliphatic rings. The highest BCUT2D eigenvalue weighted by atomic mass is 79.9. The molecule has 1 N–H and O–H groups in total. The van der Waals surface area contributed by atoms with Gasteiger partial charge in [0.1, 0.15) is 0 Å². The molecular formula is C21H20BrF3N4OS. The molecule has 2 bridgehead atoms. The molecule has 3 aromatic rings. The largest absolute Gasteiger partial charge is 0.433 e. The molecule has 0 radical (unpaired) electrons. The Morgan fingerprint density at radius 1 is 1.35 bits per heavy atom. The lowest BCUT2D eigenvalue weighted by Crippen LogP contribution is -2.40. The molecule has 0 aromatic carbocycles. The van der Waals surface area contributed by atoms with Crippen molar-refractivity contribution in [3.05, 3.63) is 39.4 Å². The van der Waals surface area contributed by atoms with Gasteiger partial charge < -0.3 is 5.32 Å². The second-order valence-electron chi connectivity index (χ2n) is 8.50. The summed E-state index contributed by atoms with van der Waals surface area (Å²) < 4.78 is 42.2. The van der Waals surface area contributed by atoms with Gasteiger partial charge in [0, 0.05) is 6.04 Å². The first kappa shape index (κ1) is 20.9. The molecule has 0 spiro atoms. The highest BCUT2D eigenvalue weighted by Crippen LogP contribution is 2.49. The minimum absolute atomic E-state index is 0.0315. The number of amides is 1. The number of nitrogens with one attached hydrogen (secondary N) is 1. The number of nitrogens with zero attached hydrogens (tertiary/aromatic N) is 3. The molecular weight excluding hydrogens is 493 g/mol. The van der Waals surface area contributed by atoms with Crippen molar-refractivity contribution < 1.29 is 18.0 Å². The van der Waals surface area contributed by atoms with Crippen molar-refractivity contribution in [3.8, 4) is 10.6 Å². The van der Waals surface area contributed by atoms with Gasteiger partial charge in [0.2, 0.25) is 0 Å². The van der Waals surface area contributed by atoms with Gasteiger partial charge in [-0.25, -0.2) is 9.50 Å². The molecule has 0 aliphatic heterocycles. The first-order valence-corrected chi connectivity index (χ1v) is 11.9. The summed E-state index contributed by atoms with van der Waals surface area (Å²) in [6.45, 7) is 1.97. The number of hydrogen-bond acceptors (Lipinski definition) is 4. The second kappa shape index (κ2) is 7.58. The van der Waals surface area contributed by atoms with Gasteiger partial charge in [-0.1, -0.05) is 12.5 Å².